The van der Waals surface area contributed by atoms with Crippen LogP contribution in [0.2, 0.25) is 0 Å². The van der Waals surface area contributed by atoms with Gasteiger partial charge in [-0.25, -0.2) is 0 Å². The van der Waals surface area contributed by atoms with Crippen LogP contribution >= 0.6 is 0 Å². The number of hydrogen-bond donors (Lipinski definition) is 1. The minimum atomic E-state index is 0.488. The Kier molecular flexibility index (Phi) is 6.25. The first-order chi connectivity index (χ1) is 3.77. The van der Waals surface area contributed by atoms with E-state index in [-0.39, 0.29) is 0 Å². The van der Waals surface area contributed by atoms with E-state index in [1.54, 1.807) is 0 Å². The first-order valence-electron chi connectivity index (χ1n) is 3.18. The Morgan fingerprint density at radius 1 is 1.50 bits per heavy atom. The summed E-state index contributed by atoms with van der Waals surface area (Å²) in [5.41, 5.74) is 5.57. The van der Waals surface area contributed by atoms with Gasteiger partial charge in [-0.2, -0.15) is 0 Å². The van der Waals surface area contributed by atoms with Crippen LogP contribution in [0.5, 0.6) is 0 Å². The van der Waals surface area contributed by atoms with E-state index in [4.69, 9.17) is 5.73 Å². The van der Waals surface area contributed by atoms with Gasteiger partial charge in [0.05, 0.1) is 0 Å². The summed E-state index contributed by atoms with van der Waals surface area (Å²) in [5.74, 6) is 0. The molecule has 0 aromatic carbocycles. The second-order valence-electron chi connectivity index (χ2n) is 2.03. The zero-order chi connectivity index (χ0) is 6.41. The zero-order valence-electron chi connectivity index (χ0n) is 5.39. The van der Waals surface area contributed by atoms with Gasteiger partial charge in [0, 0.05) is 0 Å². The fraction of sp³-hybridized carbons (Fsp3) is 1.00. The Hall–Kier alpha value is 0.648. The maximum absolute atomic E-state index is 5.57. The van der Waals surface area contributed by atoms with E-state index >= 15 is 0 Å². The van der Waals surface area contributed by atoms with Crippen molar-refractivity contribution in [1.29, 1.82) is 0 Å². The molecule has 0 aromatic heterocycles. The van der Waals surface area contributed by atoms with Crippen LogP contribution in [-0.2, 0) is 19.8 Å². The predicted molar refractivity (Wildman–Crippen MR) is 32.1 cm³/mol. The minimum absolute atomic E-state index is 0.488. The summed E-state index contributed by atoms with van der Waals surface area (Å²) in [7, 11) is 0. The number of hydrogen-bond acceptors (Lipinski definition) is 1. The molecule has 0 radical (unpaired) electrons. The second-order valence-corrected chi connectivity index (χ2v) is 4.21. The van der Waals surface area contributed by atoms with E-state index in [1.165, 1.54) is 45.5 Å². The molecule has 1 nitrogen and oxygen atoms in total. The standard InChI is InChI=1S/C6H14N.W/c1-2-3-4-5-6-7;/h6H,2-5,7H2,1H3;. The molecule has 0 aliphatic rings. The van der Waals surface area contributed by atoms with Crippen molar-refractivity contribution in [2.45, 2.75) is 37.0 Å². The molecule has 0 spiro atoms. The van der Waals surface area contributed by atoms with E-state index in [0.29, 0.717) is 4.43 Å². The third-order valence-electron chi connectivity index (χ3n) is 1.09. The molecule has 2 heteroatoms. The SMILES string of the molecule is CCCCC[CH](N)[W]. The van der Waals surface area contributed by atoms with E-state index in [1.807, 2.05) is 0 Å². The first-order valence-corrected chi connectivity index (χ1v) is 4.88. The third-order valence-corrected chi connectivity index (χ3v) is 1.94. The Morgan fingerprint density at radius 3 is 2.50 bits per heavy atom. The molecule has 0 aliphatic carbocycles. The van der Waals surface area contributed by atoms with Crippen LogP contribution in [0, 0.1) is 0 Å². The van der Waals surface area contributed by atoms with Crippen LogP contribution < -0.4 is 5.73 Å². The summed E-state index contributed by atoms with van der Waals surface area (Å²) < 4.78 is 0.488. The summed E-state index contributed by atoms with van der Waals surface area (Å²) in [6.07, 6.45) is 5.20. The average molecular weight is 284 g/mol. The van der Waals surface area contributed by atoms with Crippen molar-refractivity contribution in [2.24, 2.45) is 5.73 Å². The normalized spacial score (nSPS) is 13.8. The number of unbranched alkanes of at least 4 members (excludes halogenated alkanes) is 2. The van der Waals surface area contributed by atoms with Crippen LogP contribution in [0.1, 0.15) is 32.6 Å². The molecule has 0 bridgehead atoms. The molecule has 8 heavy (non-hydrogen) atoms. The van der Waals surface area contributed by atoms with Gasteiger partial charge in [-0.05, 0) is 0 Å². The molecule has 2 N–H and O–H groups in total. The second kappa shape index (κ2) is 5.78. The fourth-order valence-electron chi connectivity index (χ4n) is 0.596. The van der Waals surface area contributed by atoms with E-state index < -0.39 is 0 Å². The van der Waals surface area contributed by atoms with Gasteiger partial charge in [0.1, 0.15) is 0 Å². The van der Waals surface area contributed by atoms with Crippen LogP contribution in [-0.4, -0.2) is 4.43 Å². The Bertz CT molecular complexity index is 45.8. The first kappa shape index (κ1) is 8.65. The summed E-state index contributed by atoms with van der Waals surface area (Å²) in [5, 5.41) is 0. The molecule has 1 atom stereocenters. The van der Waals surface area contributed by atoms with E-state index in [2.05, 4.69) is 6.92 Å². The van der Waals surface area contributed by atoms with Gasteiger partial charge in [-0.15, -0.1) is 0 Å². The van der Waals surface area contributed by atoms with Gasteiger partial charge in [0.15, 0.2) is 0 Å². The molecule has 0 aromatic rings. The summed E-state index contributed by atoms with van der Waals surface area (Å²) >= 11 is 1.52. The van der Waals surface area contributed by atoms with Gasteiger partial charge in [0.2, 0.25) is 0 Å². The Labute approximate surface area is 62.9 Å². The van der Waals surface area contributed by atoms with Crippen LogP contribution in [0.3, 0.4) is 0 Å². The maximum atomic E-state index is 5.57. The quantitative estimate of drug-likeness (QED) is 0.776. The molecule has 0 saturated heterocycles. The van der Waals surface area contributed by atoms with E-state index in [9.17, 15) is 0 Å². The average Bonchev–Trinajstić information content (AvgIpc) is 1.66. The number of nitrogens with two attached hydrogens (primary N) is 1. The summed E-state index contributed by atoms with van der Waals surface area (Å²) in [4.78, 5) is 0. The van der Waals surface area contributed by atoms with Gasteiger partial charge >= 0.3 is 62.6 Å². The van der Waals surface area contributed by atoms with Crippen molar-refractivity contribution in [1.82, 2.24) is 0 Å². The summed E-state index contributed by atoms with van der Waals surface area (Å²) in [6.45, 7) is 2.22. The fourth-order valence-corrected chi connectivity index (χ4v) is 1.19. The molecule has 49 valence electrons. The van der Waals surface area contributed by atoms with Gasteiger partial charge in [-0.1, -0.05) is 0 Å². The molecule has 0 aliphatic heterocycles. The predicted octanol–water partition coefficient (Wildman–Crippen LogP) is 1.40. The van der Waals surface area contributed by atoms with Crippen LogP contribution in [0.4, 0.5) is 0 Å². The molecular formula is C6H14NW. The van der Waals surface area contributed by atoms with Crippen molar-refractivity contribution in [2.75, 3.05) is 0 Å². The van der Waals surface area contributed by atoms with Crippen molar-refractivity contribution in [3.05, 3.63) is 0 Å². The zero-order valence-corrected chi connectivity index (χ0v) is 8.32. The monoisotopic (exact) mass is 284 g/mol. The van der Waals surface area contributed by atoms with Gasteiger partial charge in [0.25, 0.3) is 0 Å². The van der Waals surface area contributed by atoms with Gasteiger partial charge < -0.3 is 0 Å². The molecule has 1 unspecified atom stereocenters. The molecule has 0 fully saturated rings. The van der Waals surface area contributed by atoms with Crippen LogP contribution in [0.25, 0.3) is 0 Å². The topological polar surface area (TPSA) is 26.0 Å². The Morgan fingerprint density at radius 2 is 2.12 bits per heavy atom. The van der Waals surface area contributed by atoms with Crippen molar-refractivity contribution >= 4 is 0 Å². The van der Waals surface area contributed by atoms with Crippen molar-refractivity contribution in [3.8, 4) is 0 Å². The molecule has 0 heterocycles. The molecule has 0 rings (SSSR count). The van der Waals surface area contributed by atoms with Crippen molar-refractivity contribution < 1.29 is 19.8 Å². The van der Waals surface area contributed by atoms with Crippen molar-refractivity contribution in [3.63, 3.8) is 0 Å². The number of rotatable bonds is 4. The third kappa shape index (κ3) is 6.65. The Balaban J connectivity index is 2.72. The molecule has 0 saturated carbocycles. The molecule has 0 amide bonds. The summed E-state index contributed by atoms with van der Waals surface area (Å²) in [6, 6.07) is 0. The van der Waals surface area contributed by atoms with Crippen LogP contribution in [0.15, 0.2) is 0 Å². The van der Waals surface area contributed by atoms with Gasteiger partial charge in [-0.3, -0.25) is 0 Å². The van der Waals surface area contributed by atoms with E-state index in [0.717, 1.165) is 0 Å². The molecular weight excluding hydrogens is 270 g/mol.